The molecule has 0 aliphatic carbocycles. The fourth-order valence-electron chi connectivity index (χ4n) is 4.54. The van der Waals surface area contributed by atoms with Crippen molar-refractivity contribution in [3.05, 3.63) is 75.5 Å². The molecule has 3 heterocycles. The number of nitrogens with zero attached hydrogens (tertiary/aromatic N) is 5. The van der Waals surface area contributed by atoms with Crippen molar-refractivity contribution in [2.24, 2.45) is 0 Å². The number of benzene rings is 1. The van der Waals surface area contributed by atoms with E-state index in [4.69, 9.17) is 4.74 Å². The summed E-state index contributed by atoms with van der Waals surface area (Å²) in [5, 5.41) is 2.62. The quantitative estimate of drug-likeness (QED) is 0.407. The van der Waals surface area contributed by atoms with Crippen molar-refractivity contribution in [1.29, 1.82) is 0 Å². The largest absolute Gasteiger partial charge is 0.450 e. The third-order valence-electron chi connectivity index (χ3n) is 6.60. The van der Waals surface area contributed by atoms with Gasteiger partial charge in [-0.15, -0.1) is 11.3 Å². The Kier molecular flexibility index (Phi) is 9.17. The minimum absolute atomic E-state index is 0.0304. The van der Waals surface area contributed by atoms with Crippen molar-refractivity contribution in [3.8, 4) is 0 Å². The van der Waals surface area contributed by atoms with Gasteiger partial charge in [0.05, 0.1) is 19.7 Å². The molecule has 4 rings (SSSR count). The lowest BCUT2D eigenvalue weighted by molar-refractivity contribution is 0.0566. The van der Waals surface area contributed by atoms with Crippen molar-refractivity contribution in [3.63, 3.8) is 0 Å². The van der Waals surface area contributed by atoms with E-state index in [0.29, 0.717) is 58.1 Å². The summed E-state index contributed by atoms with van der Waals surface area (Å²) in [6, 6.07) is 11.7. The number of aromatic nitrogens is 2. The number of aryl methyl sites for hydroxylation is 1. The number of amides is 3. The molecule has 202 valence electrons. The molecule has 0 N–H and O–H groups in total. The monoisotopic (exact) mass is 537 g/mol. The van der Waals surface area contributed by atoms with Gasteiger partial charge in [0.2, 0.25) is 0 Å². The van der Waals surface area contributed by atoms with Gasteiger partial charge in [-0.1, -0.05) is 25.1 Å². The van der Waals surface area contributed by atoms with E-state index in [0.717, 1.165) is 28.2 Å². The molecule has 1 aliphatic heterocycles. The van der Waals surface area contributed by atoms with Crippen LogP contribution in [0.2, 0.25) is 0 Å². The fourth-order valence-corrected chi connectivity index (χ4v) is 5.31. The second kappa shape index (κ2) is 12.7. The average molecular weight is 538 g/mol. The maximum Gasteiger partial charge on any atom is 0.409 e. The molecule has 1 aromatic carbocycles. The summed E-state index contributed by atoms with van der Waals surface area (Å²) in [5.41, 5.74) is 3.13. The first kappa shape index (κ1) is 27.4. The van der Waals surface area contributed by atoms with Gasteiger partial charge in [0.1, 0.15) is 10.7 Å². The highest BCUT2D eigenvalue weighted by Gasteiger charge is 2.27. The molecule has 0 bridgehead atoms. The van der Waals surface area contributed by atoms with Crippen LogP contribution in [-0.4, -0.2) is 81.5 Å². The van der Waals surface area contributed by atoms with Crippen LogP contribution in [-0.2, 0) is 17.8 Å². The summed E-state index contributed by atoms with van der Waals surface area (Å²) in [6.45, 7) is 9.63. The van der Waals surface area contributed by atoms with Crippen LogP contribution in [0.5, 0.6) is 0 Å². The number of carbonyl (C=O) groups excluding carboxylic acids is 3. The molecule has 0 spiro atoms. The number of thiazole rings is 1. The summed E-state index contributed by atoms with van der Waals surface area (Å²) in [5.74, 6) is -0.0930. The highest BCUT2D eigenvalue weighted by Crippen LogP contribution is 2.19. The highest BCUT2D eigenvalue weighted by atomic mass is 32.1. The van der Waals surface area contributed by atoms with Crippen molar-refractivity contribution in [2.45, 2.75) is 40.3 Å². The van der Waals surface area contributed by atoms with Gasteiger partial charge >= 0.3 is 6.09 Å². The normalized spacial score (nSPS) is 13.4. The molecular weight excluding hydrogens is 502 g/mol. The lowest BCUT2D eigenvalue weighted by Crippen LogP contribution is -2.50. The van der Waals surface area contributed by atoms with Crippen LogP contribution in [0.15, 0.2) is 48.0 Å². The zero-order chi connectivity index (χ0) is 27.1. The molecule has 0 unspecified atom stereocenters. The molecule has 1 fully saturated rings. The summed E-state index contributed by atoms with van der Waals surface area (Å²) >= 11 is 1.45. The molecule has 1 aliphatic rings. The molecule has 38 heavy (non-hydrogen) atoms. The molecule has 1 saturated heterocycles. The molecule has 2 aromatic heterocycles. The average Bonchev–Trinajstić information content (AvgIpc) is 3.58. The van der Waals surface area contributed by atoms with Crippen LogP contribution < -0.4 is 0 Å². The van der Waals surface area contributed by atoms with Crippen LogP contribution in [0.1, 0.15) is 57.4 Å². The zero-order valence-electron chi connectivity index (χ0n) is 22.3. The van der Waals surface area contributed by atoms with Crippen LogP contribution in [0.25, 0.3) is 0 Å². The lowest BCUT2D eigenvalue weighted by Gasteiger charge is -2.33. The van der Waals surface area contributed by atoms with Crippen LogP contribution >= 0.6 is 11.3 Å². The Balaban J connectivity index is 1.39. The van der Waals surface area contributed by atoms with E-state index < -0.39 is 0 Å². The van der Waals surface area contributed by atoms with Crippen molar-refractivity contribution < 1.29 is 19.1 Å². The minimum atomic E-state index is -0.337. The molecule has 0 radical (unpaired) electrons. The summed E-state index contributed by atoms with van der Waals surface area (Å²) in [6.07, 6.45) is 2.51. The van der Waals surface area contributed by atoms with Crippen molar-refractivity contribution in [1.82, 2.24) is 24.3 Å². The second-order valence-corrected chi connectivity index (χ2v) is 10.2. The van der Waals surface area contributed by atoms with Crippen LogP contribution in [0, 0.1) is 6.92 Å². The molecule has 3 amide bonds. The second-order valence-electron chi connectivity index (χ2n) is 9.27. The van der Waals surface area contributed by atoms with Gasteiger partial charge in [-0.05, 0) is 44.0 Å². The van der Waals surface area contributed by atoms with E-state index in [1.54, 1.807) is 22.1 Å². The number of hydrogen-bond acceptors (Lipinski definition) is 6. The Morgan fingerprint density at radius 3 is 2.47 bits per heavy atom. The number of rotatable bonds is 9. The van der Waals surface area contributed by atoms with Crippen LogP contribution in [0.3, 0.4) is 0 Å². The van der Waals surface area contributed by atoms with Gasteiger partial charge < -0.3 is 24.0 Å². The van der Waals surface area contributed by atoms with Gasteiger partial charge in [-0.3, -0.25) is 9.59 Å². The van der Waals surface area contributed by atoms with Gasteiger partial charge in [-0.2, -0.15) is 0 Å². The molecule has 10 heteroatoms. The minimum Gasteiger partial charge on any atom is -0.450 e. The molecular formula is C28H35N5O4S. The molecule has 0 saturated carbocycles. The van der Waals surface area contributed by atoms with Gasteiger partial charge in [0.25, 0.3) is 11.8 Å². The van der Waals surface area contributed by atoms with Gasteiger partial charge in [-0.25, -0.2) is 9.78 Å². The summed E-state index contributed by atoms with van der Waals surface area (Å²) < 4.78 is 7.13. The first-order chi connectivity index (χ1) is 18.4. The summed E-state index contributed by atoms with van der Waals surface area (Å²) in [4.78, 5) is 48.1. The molecule has 3 aromatic rings. The van der Waals surface area contributed by atoms with Crippen molar-refractivity contribution >= 4 is 29.2 Å². The fraction of sp³-hybridized carbons (Fsp3) is 0.429. The molecule has 9 nitrogen and oxygen atoms in total. The Morgan fingerprint density at radius 1 is 1.03 bits per heavy atom. The zero-order valence-corrected chi connectivity index (χ0v) is 23.1. The van der Waals surface area contributed by atoms with Crippen molar-refractivity contribution in [2.75, 3.05) is 39.3 Å². The first-order valence-corrected chi connectivity index (χ1v) is 13.9. The predicted molar refractivity (Wildman–Crippen MR) is 146 cm³/mol. The van der Waals surface area contributed by atoms with Gasteiger partial charge in [0.15, 0.2) is 0 Å². The van der Waals surface area contributed by atoms with Gasteiger partial charge in [0, 0.05) is 55.6 Å². The van der Waals surface area contributed by atoms with E-state index in [1.807, 2.05) is 54.4 Å². The van der Waals surface area contributed by atoms with Crippen LogP contribution in [0.4, 0.5) is 4.79 Å². The Labute approximate surface area is 227 Å². The Hall–Kier alpha value is -3.66. The Morgan fingerprint density at radius 2 is 1.76 bits per heavy atom. The number of carbonyl (C=O) groups is 3. The van der Waals surface area contributed by atoms with E-state index in [2.05, 4.69) is 16.5 Å². The van der Waals surface area contributed by atoms with E-state index in [1.165, 1.54) is 11.3 Å². The third-order valence-corrected chi connectivity index (χ3v) is 7.44. The molecule has 0 atom stereocenters. The van der Waals surface area contributed by atoms with E-state index in [-0.39, 0.29) is 17.9 Å². The Bertz CT molecular complexity index is 1260. The smallest absolute Gasteiger partial charge is 0.409 e. The highest BCUT2D eigenvalue weighted by molar-refractivity contribution is 7.09. The first-order valence-electron chi connectivity index (χ1n) is 13.1. The standard InChI is InChI=1S/C28H35N5O4S/c1-4-12-33(26(34)23-11-7-6-9-21(23)3)18-22-10-8-13-32(22)19-25-29-24(20-38-25)27(35)30-14-16-31(17-15-30)28(36)37-5-2/h6-11,13,20H,4-5,12,14-19H2,1-3H3. The predicted octanol–water partition coefficient (Wildman–Crippen LogP) is 4.27. The third kappa shape index (κ3) is 6.42. The summed E-state index contributed by atoms with van der Waals surface area (Å²) in [7, 11) is 0. The number of piperazine rings is 1. The topological polar surface area (TPSA) is 88.0 Å². The van der Waals surface area contributed by atoms with E-state index in [9.17, 15) is 14.4 Å². The maximum atomic E-state index is 13.3. The number of ether oxygens (including phenoxy) is 1. The maximum absolute atomic E-state index is 13.3. The van der Waals surface area contributed by atoms with E-state index >= 15 is 0 Å². The number of hydrogen-bond donors (Lipinski definition) is 0. The SMILES string of the molecule is CCCN(Cc1cccn1Cc1nc(C(=O)N2CCN(C(=O)OCC)CC2)cs1)C(=O)c1ccccc1C. The lowest BCUT2D eigenvalue weighted by atomic mass is 10.1.